The van der Waals surface area contributed by atoms with E-state index in [9.17, 15) is 26.3 Å². The van der Waals surface area contributed by atoms with Crippen LogP contribution in [0, 0.1) is 0 Å². The van der Waals surface area contributed by atoms with Gasteiger partial charge in [0.25, 0.3) is 0 Å². The van der Waals surface area contributed by atoms with Gasteiger partial charge >= 0.3 is 12.4 Å². The quantitative estimate of drug-likeness (QED) is 0.491. The van der Waals surface area contributed by atoms with Gasteiger partial charge in [-0.3, -0.25) is 11.3 Å². The van der Waals surface area contributed by atoms with E-state index >= 15 is 0 Å². The third-order valence-electron chi connectivity index (χ3n) is 2.79. The Kier molecular flexibility index (Phi) is 5.41. The van der Waals surface area contributed by atoms with Gasteiger partial charge in [-0.05, 0) is 30.5 Å². The van der Waals surface area contributed by atoms with Gasteiger partial charge in [-0.15, -0.1) is 0 Å². The van der Waals surface area contributed by atoms with Crippen LogP contribution in [-0.4, -0.2) is 6.18 Å². The second kappa shape index (κ2) is 6.45. The fraction of sp³-hybridized carbons (Fsp3) is 0.500. The van der Waals surface area contributed by atoms with Crippen LogP contribution in [0.3, 0.4) is 0 Å². The molecule has 114 valence electrons. The SMILES string of the molecule is NNC(CCCC(F)(F)F)c1ccc(C(F)(F)F)cc1. The van der Waals surface area contributed by atoms with Crippen LogP contribution >= 0.6 is 0 Å². The van der Waals surface area contributed by atoms with Crippen LogP contribution < -0.4 is 11.3 Å². The summed E-state index contributed by atoms with van der Waals surface area (Å²) in [6.45, 7) is 0. The zero-order valence-corrected chi connectivity index (χ0v) is 10.4. The number of alkyl halides is 6. The lowest BCUT2D eigenvalue weighted by molar-refractivity contribution is -0.138. The predicted octanol–water partition coefficient (Wildman–Crippen LogP) is 3.94. The van der Waals surface area contributed by atoms with Crippen LogP contribution in [0.25, 0.3) is 0 Å². The molecular weight excluding hydrogens is 286 g/mol. The third-order valence-corrected chi connectivity index (χ3v) is 2.79. The fourth-order valence-corrected chi connectivity index (χ4v) is 1.76. The first-order valence-corrected chi connectivity index (χ1v) is 5.83. The molecule has 0 saturated carbocycles. The van der Waals surface area contributed by atoms with Crippen molar-refractivity contribution in [1.29, 1.82) is 0 Å². The van der Waals surface area contributed by atoms with E-state index in [1.807, 2.05) is 0 Å². The molecule has 1 aromatic carbocycles. The molecule has 1 aromatic rings. The second-order valence-corrected chi connectivity index (χ2v) is 4.35. The number of benzene rings is 1. The van der Waals surface area contributed by atoms with E-state index in [0.717, 1.165) is 12.1 Å². The first kappa shape index (κ1) is 16.8. The van der Waals surface area contributed by atoms with Crippen LogP contribution in [0.4, 0.5) is 26.3 Å². The first-order chi connectivity index (χ1) is 9.13. The van der Waals surface area contributed by atoms with Crippen molar-refractivity contribution in [2.75, 3.05) is 0 Å². The van der Waals surface area contributed by atoms with Crippen molar-refractivity contribution >= 4 is 0 Å². The molecule has 0 aliphatic heterocycles. The highest BCUT2D eigenvalue weighted by Crippen LogP contribution is 2.31. The lowest BCUT2D eigenvalue weighted by atomic mass is 10.00. The van der Waals surface area contributed by atoms with Crippen LogP contribution in [-0.2, 0) is 6.18 Å². The summed E-state index contributed by atoms with van der Waals surface area (Å²) in [6.07, 6.45) is -9.72. The molecule has 0 radical (unpaired) electrons. The van der Waals surface area contributed by atoms with E-state index in [0.29, 0.717) is 5.56 Å². The van der Waals surface area contributed by atoms with Gasteiger partial charge in [0, 0.05) is 12.5 Å². The fourth-order valence-electron chi connectivity index (χ4n) is 1.76. The maximum atomic E-state index is 12.4. The standard InChI is InChI=1S/C12H14F6N2/c13-11(14,15)7-1-2-10(20-19)8-3-5-9(6-4-8)12(16,17)18/h3-6,10,20H,1-2,7,19H2. The zero-order valence-electron chi connectivity index (χ0n) is 10.4. The van der Waals surface area contributed by atoms with Crippen molar-refractivity contribution in [1.82, 2.24) is 5.43 Å². The van der Waals surface area contributed by atoms with Gasteiger partial charge in [0.05, 0.1) is 5.56 Å². The molecule has 0 aromatic heterocycles. The average Bonchev–Trinajstić information content (AvgIpc) is 2.32. The minimum absolute atomic E-state index is 0.0847. The number of rotatable bonds is 5. The van der Waals surface area contributed by atoms with E-state index in [1.165, 1.54) is 12.1 Å². The van der Waals surface area contributed by atoms with Crippen LogP contribution in [0.2, 0.25) is 0 Å². The van der Waals surface area contributed by atoms with Gasteiger partial charge in [0.1, 0.15) is 0 Å². The summed E-state index contributed by atoms with van der Waals surface area (Å²) in [5.74, 6) is 5.22. The van der Waals surface area contributed by atoms with Crippen molar-refractivity contribution < 1.29 is 26.3 Å². The van der Waals surface area contributed by atoms with Crippen molar-refractivity contribution in [3.05, 3.63) is 35.4 Å². The van der Waals surface area contributed by atoms with E-state index in [-0.39, 0.29) is 12.8 Å². The molecule has 0 bridgehead atoms. The number of nitrogens with one attached hydrogen (secondary N) is 1. The summed E-state index contributed by atoms with van der Waals surface area (Å²) in [5.41, 5.74) is 1.92. The van der Waals surface area contributed by atoms with Gasteiger partial charge in [-0.1, -0.05) is 12.1 Å². The molecule has 0 aliphatic carbocycles. The zero-order chi connectivity index (χ0) is 15.4. The topological polar surface area (TPSA) is 38.0 Å². The number of hydrogen-bond acceptors (Lipinski definition) is 2. The summed E-state index contributed by atoms with van der Waals surface area (Å²) in [7, 11) is 0. The molecule has 0 heterocycles. The van der Waals surface area contributed by atoms with Crippen LogP contribution in [0.1, 0.15) is 36.4 Å². The van der Waals surface area contributed by atoms with Gasteiger partial charge in [-0.2, -0.15) is 26.3 Å². The van der Waals surface area contributed by atoms with Crippen molar-refractivity contribution in [2.24, 2.45) is 5.84 Å². The summed E-state index contributed by atoms with van der Waals surface area (Å²) >= 11 is 0. The Morgan fingerprint density at radius 1 is 1.00 bits per heavy atom. The number of hydrazine groups is 1. The molecule has 1 atom stereocenters. The summed E-state index contributed by atoms with van der Waals surface area (Å²) in [5, 5.41) is 0. The molecule has 0 spiro atoms. The summed E-state index contributed by atoms with van der Waals surface area (Å²) in [6, 6.07) is 3.56. The highest BCUT2D eigenvalue weighted by Gasteiger charge is 2.30. The Morgan fingerprint density at radius 3 is 1.95 bits per heavy atom. The van der Waals surface area contributed by atoms with Crippen molar-refractivity contribution in [3.63, 3.8) is 0 Å². The normalized spacial score (nSPS) is 14.3. The van der Waals surface area contributed by atoms with Gasteiger partial charge in [0.2, 0.25) is 0 Å². The van der Waals surface area contributed by atoms with Crippen LogP contribution in [0.15, 0.2) is 24.3 Å². The lowest BCUT2D eigenvalue weighted by Crippen LogP contribution is -2.28. The third kappa shape index (κ3) is 5.38. The molecule has 3 N–H and O–H groups in total. The minimum Gasteiger partial charge on any atom is -0.271 e. The van der Waals surface area contributed by atoms with E-state index < -0.39 is 30.4 Å². The Labute approximate surface area is 111 Å². The van der Waals surface area contributed by atoms with E-state index in [1.54, 1.807) is 0 Å². The van der Waals surface area contributed by atoms with E-state index in [4.69, 9.17) is 5.84 Å². The maximum absolute atomic E-state index is 12.4. The Hall–Kier alpha value is -1.28. The highest BCUT2D eigenvalue weighted by atomic mass is 19.4. The smallest absolute Gasteiger partial charge is 0.271 e. The van der Waals surface area contributed by atoms with E-state index in [2.05, 4.69) is 5.43 Å². The number of nitrogens with two attached hydrogens (primary N) is 1. The Morgan fingerprint density at radius 2 is 1.55 bits per heavy atom. The molecule has 8 heteroatoms. The van der Waals surface area contributed by atoms with Crippen molar-refractivity contribution in [2.45, 2.75) is 37.7 Å². The minimum atomic E-state index is -4.44. The summed E-state index contributed by atoms with van der Waals surface area (Å²) in [4.78, 5) is 0. The molecule has 20 heavy (non-hydrogen) atoms. The highest BCUT2D eigenvalue weighted by molar-refractivity contribution is 5.26. The molecule has 0 amide bonds. The predicted molar refractivity (Wildman–Crippen MR) is 61.4 cm³/mol. The maximum Gasteiger partial charge on any atom is 0.416 e. The molecule has 2 nitrogen and oxygen atoms in total. The van der Waals surface area contributed by atoms with Gasteiger partial charge < -0.3 is 0 Å². The Balaban J connectivity index is 2.66. The second-order valence-electron chi connectivity index (χ2n) is 4.35. The van der Waals surface area contributed by atoms with Crippen molar-refractivity contribution in [3.8, 4) is 0 Å². The van der Waals surface area contributed by atoms with Gasteiger partial charge in [0.15, 0.2) is 0 Å². The number of hydrogen-bond donors (Lipinski definition) is 2. The molecule has 0 aliphatic rings. The molecule has 0 fully saturated rings. The largest absolute Gasteiger partial charge is 0.416 e. The molecule has 0 saturated heterocycles. The monoisotopic (exact) mass is 300 g/mol. The molecular formula is C12H14F6N2. The lowest BCUT2D eigenvalue weighted by Gasteiger charge is -2.17. The number of halogens is 6. The average molecular weight is 300 g/mol. The first-order valence-electron chi connectivity index (χ1n) is 5.83. The van der Waals surface area contributed by atoms with Crippen LogP contribution in [0.5, 0.6) is 0 Å². The van der Waals surface area contributed by atoms with Gasteiger partial charge in [-0.25, -0.2) is 0 Å². The molecule has 1 unspecified atom stereocenters. The summed E-state index contributed by atoms with van der Waals surface area (Å²) < 4.78 is 73.2. The molecule has 1 rings (SSSR count). The Bertz CT molecular complexity index is 409.